The molecule has 0 spiro atoms. The first-order valence-corrected chi connectivity index (χ1v) is 5.60. The molecule has 5 N–H and O–H groups in total. The highest BCUT2D eigenvalue weighted by molar-refractivity contribution is 7.90. The number of nitrogens with one attached hydrogen (secondary N) is 1. The summed E-state index contributed by atoms with van der Waals surface area (Å²) in [4.78, 5) is 11.2. The van der Waals surface area contributed by atoms with E-state index in [9.17, 15) is 13.2 Å². The molecule has 0 bridgehead atoms. The lowest BCUT2D eigenvalue weighted by Crippen LogP contribution is -2.47. The van der Waals surface area contributed by atoms with Crippen LogP contribution in [0, 0.1) is 0 Å². The molecule has 1 rings (SSSR count). The maximum atomic E-state index is 11.2. The van der Waals surface area contributed by atoms with E-state index >= 15 is 0 Å². The van der Waals surface area contributed by atoms with Gasteiger partial charge in [-0.2, -0.15) is 0 Å². The molecule has 2 atom stereocenters. The second-order valence-corrected chi connectivity index (χ2v) is 4.87. The molecule has 0 saturated carbocycles. The second kappa shape index (κ2) is 3.60. The number of primary sulfonamides is 1. The number of carbonyl (C=O) groups is 1. The van der Waals surface area contributed by atoms with Crippen molar-refractivity contribution in [3.8, 4) is 0 Å². The van der Waals surface area contributed by atoms with Gasteiger partial charge in [0.25, 0.3) is 0 Å². The molecule has 0 aliphatic carbocycles. The zero-order chi connectivity index (χ0) is 10.1. The summed E-state index contributed by atoms with van der Waals surface area (Å²) in [5.74, 6) is -0.590. The Morgan fingerprint density at radius 3 is 2.54 bits per heavy atom. The second-order valence-electron chi connectivity index (χ2n) is 3.12. The van der Waals surface area contributed by atoms with Crippen LogP contribution in [0.4, 0.5) is 0 Å². The van der Waals surface area contributed by atoms with Crippen LogP contribution in [-0.4, -0.2) is 25.7 Å². The summed E-state index contributed by atoms with van der Waals surface area (Å²) < 4.78 is 21.9. The SMILES string of the molecule is NC1CCCC(S(N)(=O)=O)C(=O)N1. The van der Waals surface area contributed by atoms with Crippen LogP contribution in [0.5, 0.6) is 0 Å². The minimum atomic E-state index is -3.79. The number of carbonyl (C=O) groups excluding carboxylic acids is 1. The average molecular weight is 207 g/mol. The number of rotatable bonds is 1. The van der Waals surface area contributed by atoms with Crippen molar-refractivity contribution >= 4 is 15.9 Å². The van der Waals surface area contributed by atoms with Crippen molar-refractivity contribution in [2.45, 2.75) is 30.7 Å². The Hall–Kier alpha value is -0.660. The molecule has 0 aromatic carbocycles. The zero-order valence-corrected chi connectivity index (χ0v) is 7.88. The van der Waals surface area contributed by atoms with Gasteiger partial charge in [0.05, 0.1) is 6.17 Å². The molecular formula is C6H13N3O3S. The first-order chi connectivity index (χ1) is 5.91. The van der Waals surface area contributed by atoms with Gasteiger partial charge in [0.2, 0.25) is 15.9 Å². The Bertz CT molecular complexity index is 300. The molecule has 0 radical (unpaired) electrons. The van der Waals surface area contributed by atoms with E-state index < -0.39 is 27.3 Å². The van der Waals surface area contributed by atoms with Crippen molar-refractivity contribution < 1.29 is 13.2 Å². The third-order valence-electron chi connectivity index (χ3n) is 2.00. The third kappa shape index (κ3) is 2.64. The minimum absolute atomic E-state index is 0.248. The summed E-state index contributed by atoms with van der Waals surface area (Å²) in [6, 6.07) is 0. The number of nitrogens with two attached hydrogens (primary N) is 2. The fourth-order valence-electron chi connectivity index (χ4n) is 1.32. The molecule has 1 heterocycles. The number of sulfonamides is 1. The molecule has 0 aromatic rings. The van der Waals surface area contributed by atoms with Crippen molar-refractivity contribution in [3.05, 3.63) is 0 Å². The maximum absolute atomic E-state index is 11.2. The van der Waals surface area contributed by atoms with Crippen LogP contribution >= 0.6 is 0 Å². The normalized spacial score (nSPS) is 30.8. The first-order valence-electron chi connectivity index (χ1n) is 3.99. The average Bonchev–Trinajstić information content (AvgIpc) is 2.08. The fraction of sp³-hybridized carbons (Fsp3) is 0.833. The fourth-order valence-corrected chi connectivity index (χ4v) is 2.18. The van der Waals surface area contributed by atoms with E-state index in [4.69, 9.17) is 10.9 Å². The van der Waals surface area contributed by atoms with Gasteiger partial charge >= 0.3 is 0 Å². The van der Waals surface area contributed by atoms with Crippen molar-refractivity contribution in [2.75, 3.05) is 0 Å². The van der Waals surface area contributed by atoms with Gasteiger partial charge in [0, 0.05) is 0 Å². The minimum Gasteiger partial charge on any atom is -0.340 e. The van der Waals surface area contributed by atoms with E-state index in [1.54, 1.807) is 0 Å². The summed E-state index contributed by atoms with van der Waals surface area (Å²) in [7, 11) is -3.79. The van der Waals surface area contributed by atoms with Gasteiger partial charge in [-0.05, 0) is 19.3 Å². The number of amides is 1. The van der Waals surface area contributed by atoms with Gasteiger partial charge < -0.3 is 11.1 Å². The summed E-state index contributed by atoms with van der Waals surface area (Å²) >= 11 is 0. The van der Waals surface area contributed by atoms with E-state index in [1.165, 1.54) is 0 Å². The molecular weight excluding hydrogens is 194 g/mol. The summed E-state index contributed by atoms with van der Waals surface area (Å²) in [5, 5.41) is 6.13. The van der Waals surface area contributed by atoms with Crippen LogP contribution in [0.15, 0.2) is 0 Å². The molecule has 1 aliphatic heterocycles. The van der Waals surface area contributed by atoms with Crippen LogP contribution < -0.4 is 16.2 Å². The monoisotopic (exact) mass is 207 g/mol. The molecule has 1 aliphatic rings. The van der Waals surface area contributed by atoms with Gasteiger partial charge in [-0.15, -0.1) is 0 Å². The van der Waals surface area contributed by atoms with E-state index in [-0.39, 0.29) is 6.42 Å². The lowest BCUT2D eigenvalue weighted by molar-refractivity contribution is -0.121. The standard InChI is InChI=1S/C6H13N3O3S/c7-5-3-1-2-4(6(10)9-5)13(8,11)12/h4-5H,1-3,7H2,(H,9,10)(H2,8,11,12). The van der Waals surface area contributed by atoms with Crippen LogP contribution in [0.2, 0.25) is 0 Å². The van der Waals surface area contributed by atoms with Gasteiger partial charge in [0.1, 0.15) is 0 Å². The molecule has 6 nitrogen and oxygen atoms in total. The summed E-state index contributed by atoms with van der Waals surface area (Å²) in [5.41, 5.74) is 5.46. The molecule has 1 amide bonds. The van der Waals surface area contributed by atoms with E-state index in [0.717, 1.165) is 0 Å². The summed E-state index contributed by atoms with van der Waals surface area (Å²) in [6.07, 6.45) is 0.955. The predicted molar refractivity (Wildman–Crippen MR) is 46.9 cm³/mol. The highest BCUT2D eigenvalue weighted by Gasteiger charge is 2.32. The van der Waals surface area contributed by atoms with Crippen LogP contribution in [-0.2, 0) is 14.8 Å². The van der Waals surface area contributed by atoms with Crippen molar-refractivity contribution in [3.63, 3.8) is 0 Å². The van der Waals surface area contributed by atoms with Crippen molar-refractivity contribution in [1.82, 2.24) is 5.32 Å². The van der Waals surface area contributed by atoms with Crippen LogP contribution in [0.1, 0.15) is 19.3 Å². The van der Waals surface area contributed by atoms with Crippen molar-refractivity contribution in [2.24, 2.45) is 10.9 Å². The molecule has 2 unspecified atom stereocenters. The topological polar surface area (TPSA) is 115 Å². The van der Waals surface area contributed by atoms with Gasteiger partial charge in [-0.1, -0.05) is 0 Å². The molecule has 7 heteroatoms. The van der Waals surface area contributed by atoms with Crippen LogP contribution in [0.25, 0.3) is 0 Å². The molecule has 1 fully saturated rings. The highest BCUT2D eigenvalue weighted by Crippen LogP contribution is 2.12. The highest BCUT2D eigenvalue weighted by atomic mass is 32.2. The Morgan fingerprint density at radius 2 is 2.00 bits per heavy atom. The Balaban J connectivity index is 2.82. The first kappa shape index (κ1) is 10.4. The Kier molecular flexibility index (Phi) is 2.89. The van der Waals surface area contributed by atoms with E-state index in [2.05, 4.69) is 5.32 Å². The Morgan fingerprint density at radius 1 is 1.38 bits per heavy atom. The molecule has 0 aromatic heterocycles. The lowest BCUT2D eigenvalue weighted by Gasteiger charge is -2.11. The van der Waals surface area contributed by atoms with Gasteiger partial charge in [-0.3, -0.25) is 4.79 Å². The summed E-state index contributed by atoms with van der Waals surface area (Å²) in [6.45, 7) is 0. The largest absolute Gasteiger partial charge is 0.340 e. The van der Waals surface area contributed by atoms with E-state index in [1.807, 2.05) is 0 Å². The van der Waals surface area contributed by atoms with Gasteiger partial charge in [0.15, 0.2) is 5.25 Å². The Labute approximate surface area is 76.7 Å². The number of hydrogen-bond acceptors (Lipinski definition) is 4. The third-order valence-corrected chi connectivity index (χ3v) is 3.24. The van der Waals surface area contributed by atoms with Gasteiger partial charge in [-0.25, -0.2) is 13.6 Å². The van der Waals surface area contributed by atoms with E-state index in [0.29, 0.717) is 12.8 Å². The number of hydrogen-bond donors (Lipinski definition) is 3. The predicted octanol–water partition coefficient (Wildman–Crippen LogP) is -1.77. The van der Waals surface area contributed by atoms with Crippen molar-refractivity contribution in [1.29, 1.82) is 0 Å². The maximum Gasteiger partial charge on any atom is 0.240 e. The molecule has 1 saturated heterocycles. The lowest BCUT2D eigenvalue weighted by atomic mass is 10.2. The molecule has 76 valence electrons. The molecule has 13 heavy (non-hydrogen) atoms. The zero-order valence-electron chi connectivity index (χ0n) is 7.06. The smallest absolute Gasteiger partial charge is 0.240 e. The quantitative estimate of drug-likeness (QED) is 0.471. The van der Waals surface area contributed by atoms with Crippen LogP contribution in [0.3, 0.4) is 0 Å².